The van der Waals surface area contributed by atoms with Crippen molar-refractivity contribution < 1.29 is 13.6 Å². The van der Waals surface area contributed by atoms with Gasteiger partial charge in [0.15, 0.2) is 0 Å². The van der Waals surface area contributed by atoms with Gasteiger partial charge in [-0.2, -0.15) is 0 Å². The Labute approximate surface area is 170 Å². The third kappa shape index (κ3) is 3.90. The third-order valence-corrected chi connectivity index (χ3v) is 5.49. The molecule has 2 atom stereocenters. The second-order valence-electron chi connectivity index (χ2n) is 7.74. The standard InChI is InChI=1S/C22H21F2N3O3/c1-12(15-9-8-14(23)11-17(15)24)25-20(28)19(10-13-6-7-13)27-21(29)16-4-2-3-5-18(16)26-22(27)30/h2-5,8-9,11-13,19H,6-7,10H2,1H3,(H,25,28)(H,26,30)/t12-,19+/m0/s1. The van der Waals surface area contributed by atoms with Crippen molar-refractivity contribution >= 4 is 16.8 Å². The van der Waals surface area contributed by atoms with Crippen LogP contribution >= 0.6 is 0 Å². The number of carbonyl (C=O) groups is 1. The Morgan fingerprint density at radius 1 is 1.20 bits per heavy atom. The number of carbonyl (C=O) groups excluding carboxylic acids is 1. The van der Waals surface area contributed by atoms with E-state index < -0.39 is 40.9 Å². The number of nitrogens with zero attached hydrogens (tertiary/aromatic N) is 1. The molecule has 0 unspecified atom stereocenters. The van der Waals surface area contributed by atoms with Gasteiger partial charge in [0, 0.05) is 11.6 Å². The molecule has 0 radical (unpaired) electrons. The second-order valence-corrected chi connectivity index (χ2v) is 7.74. The van der Waals surface area contributed by atoms with E-state index in [-0.39, 0.29) is 11.5 Å². The molecule has 1 fully saturated rings. The lowest BCUT2D eigenvalue weighted by Gasteiger charge is -2.22. The Kier molecular flexibility index (Phi) is 5.24. The SMILES string of the molecule is C[C@H](NC(=O)[C@@H](CC1CC1)n1c(=O)[nH]c2ccccc2c1=O)c1ccc(F)cc1F. The summed E-state index contributed by atoms with van der Waals surface area (Å²) in [7, 11) is 0. The van der Waals surface area contributed by atoms with Crippen LogP contribution < -0.4 is 16.6 Å². The average molecular weight is 413 g/mol. The number of amides is 1. The van der Waals surface area contributed by atoms with E-state index in [1.165, 1.54) is 6.07 Å². The van der Waals surface area contributed by atoms with Crippen molar-refractivity contribution in [3.8, 4) is 0 Å². The van der Waals surface area contributed by atoms with Gasteiger partial charge in [0.25, 0.3) is 5.56 Å². The minimum absolute atomic E-state index is 0.120. The van der Waals surface area contributed by atoms with E-state index in [1.54, 1.807) is 31.2 Å². The summed E-state index contributed by atoms with van der Waals surface area (Å²) in [5.41, 5.74) is -0.693. The molecule has 1 heterocycles. The summed E-state index contributed by atoms with van der Waals surface area (Å²) in [5.74, 6) is -1.80. The summed E-state index contributed by atoms with van der Waals surface area (Å²) in [4.78, 5) is 41.4. The Hall–Kier alpha value is -3.29. The van der Waals surface area contributed by atoms with E-state index in [2.05, 4.69) is 10.3 Å². The van der Waals surface area contributed by atoms with Gasteiger partial charge in [-0.3, -0.25) is 9.59 Å². The van der Waals surface area contributed by atoms with Gasteiger partial charge in [0.1, 0.15) is 17.7 Å². The molecule has 1 aromatic heterocycles. The van der Waals surface area contributed by atoms with Crippen LogP contribution in [0, 0.1) is 17.6 Å². The highest BCUT2D eigenvalue weighted by molar-refractivity contribution is 5.82. The smallest absolute Gasteiger partial charge is 0.329 e. The zero-order valence-corrected chi connectivity index (χ0v) is 16.3. The molecule has 1 saturated carbocycles. The highest BCUT2D eigenvalue weighted by Gasteiger charge is 2.33. The minimum Gasteiger partial charge on any atom is -0.348 e. The number of halogens is 2. The lowest BCUT2D eigenvalue weighted by molar-refractivity contribution is -0.125. The molecule has 8 heteroatoms. The van der Waals surface area contributed by atoms with Crippen LogP contribution in [0.2, 0.25) is 0 Å². The highest BCUT2D eigenvalue weighted by atomic mass is 19.1. The number of benzene rings is 2. The molecule has 0 saturated heterocycles. The van der Waals surface area contributed by atoms with Crippen molar-refractivity contribution in [3.05, 3.63) is 80.5 Å². The maximum Gasteiger partial charge on any atom is 0.329 e. The van der Waals surface area contributed by atoms with E-state index >= 15 is 0 Å². The van der Waals surface area contributed by atoms with Crippen LogP contribution in [0.3, 0.4) is 0 Å². The number of H-pyrrole nitrogens is 1. The van der Waals surface area contributed by atoms with Gasteiger partial charge in [-0.1, -0.05) is 31.0 Å². The van der Waals surface area contributed by atoms with Gasteiger partial charge < -0.3 is 10.3 Å². The molecule has 1 aliphatic rings. The minimum atomic E-state index is -1.02. The monoisotopic (exact) mass is 413 g/mol. The fourth-order valence-corrected chi connectivity index (χ4v) is 3.70. The quantitative estimate of drug-likeness (QED) is 0.651. The van der Waals surface area contributed by atoms with Crippen molar-refractivity contribution in [2.45, 2.75) is 38.3 Å². The average Bonchev–Trinajstić information content (AvgIpc) is 3.51. The molecule has 1 amide bonds. The topological polar surface area (TPSA) is 84.0 Å². The number of fused-ring (bicyclic) bond motifs is 1. The van der Waals surface area contributed by atoms with Crippen LogP contribution in [0.15, 0.2) is 52.1 Å². The number of aromatic nitrogens is 2. The highest BCUT2D eigenvalue weighted by Crippen LogP contribution is 2.36. The molecule has 156 valence electrons. The van der Waals surface area contributed by atoms with Crippen molar-refractivity contribution in [1.82, 2.24) is 14.9 Å². The number of hydrogen-bond donors (Lipinski definition) is 2. The molecule has 2 aromatic carbocycles. The molecular formula is C22H21F2N3O3. The largest absolute Gasteiger partial charge is 0.348 e. The van der Waals surface area contributed by atoms with Crippen LogP contribution in [-0.2, 0) is 4.79 Å². The predicted molar refractivity (Wildman–Crippen MR) is 108 cm³/mol. The van der Waals surface area contributed by atoms with Crippen LogP contribution in [0.5, 0.6) is 0 Å². The molecule has 4 rings (SSSR count). The summed E-state index contributed by atoms with van der Waals surface area (Å²) >= 11 is 0. The van der Waals surface area contributed by atoms with E-state index in [0.29, 0.717) is 17.3 Å². The lowest BCUT2D eigenvalue weighted by Crippen LogP contribution is -2.45. The van der Waals surface area contributed by atoms with Gasteiger partial charge in [-0.25, -0.2) is 18.1 Å². The maximum atomic E-state index is 14.1. The van der Waals surface area contributed by atoms with Crippen molar-refractivity contribution in [2.75, 3.05) is 0 Å². The number of aromatic amines is 1. The van der Waals surface area contributed by atoms with E-state index in [1.807, 2.05) is 0 Å². The summed E-state index contributed by atoms with van der Waals surface area (Å²) in [6.07, 6.45) is 2.18. The Morgan fingerprint density at radius 3 is 2.63 bits per heavy atom. The first-order valence-corrected chi connectivity index (χ1v) is 9.84. The van der Waals surface area contributed by atoms with Crippen molar-refractivity contribution in [1.29, 1.82) is 0 Å². The molecule has 0 spiro atoms. The normalized spacial score (nSPS) is 15.7. The van der Waals surface area contributed by atoms with Gasteiger partial charge >= 0.3 is 5.69 Å². The molecule has 3 aromatic rings. The Balaban J connectivity index is 1.69. The first kappa shape index (κ1) is 20.0. The maximum absolute atomic E-state index is 14.1. The molecule has 0 bridgehead atoms. The molecular weight excluding hydrogens is 392 g/mol. The number of rotatable bonds is 6. The van der Waals surface area contributed by atoms with Crippen LogP contribution in [0.25, 0.3) is 10.9 Å². The molecule has 0 aliphatic heterocycles. The van der Waals surface area contributed by atoms with E-state index in [9.17, 15) is 23.2 Å². The molecule has 1 aliphatic carbocycles. The second kappa shape index (κ2) is 7.85. The number of para-hydroxylation sites is 1. The van der Waals surface area contributed by atoms with E-state index in [0.717, 1.165) is 29.5 Å². The molecule has 6 nitrogen and oxygen atoms in total. The number of nitrogens with one attached hydrogen (secondary N) is 2. The van der Waals surface area contributed by atoms with Crippen LogP contribution in [-0.4, -0.2) is 15.5 Å². The third-order valence-electron chi connectivity index (χ3n) is 5.49. The molecule has 30 heavy (non-hydrogen) atoms. The Morgan fingerprint density at radius 2 is 1.93 bits per heavy atom. The zero-order valence-electron chi connectivity index (χ0n) is 16.3. The Bertz CT molecular complexity index is 1230. The van der Waals surface area contributed by atoms with Gasteiger partial charge in [0.05, 0.1) is 16.9 Å². The summed E-state index contributed by atoms with van der Waals surface area (Å²) in [6, 6.07) is 7.93. The zero-order chi connectivity index (χ0) is 21.4. The van der Waals surface area contributed by atoms with Crippen LogP contribution in [0.4, 0.5) is 8.78 Å². The van der Waals surface area contributed by atoms with Crippen molar-refractivity contribution in [3.63, 3.8) is 0 Å². The predicted octanol–water partition coefficient (Wildman–Crippen LogP) is 3.19. The lowest BCUT2D eigenvalue weighted by atomic mass is 10.0. The van der Waals surface area contributed by atoms with E-state index in [4.69, 9.17) is 0 Å². The molecule has 2 N–H and O–H groups in total. The summed E-state index contributed by atoms with van der Waals surface area (Å²) in [6.45, 7) is 1.57. The van der Waals surface area contributed by atoms with Crippen molar-refractivity contribution in [2.24, 2.45) is 5.92 Å². The summed E-state index contributed by atoms with van der Waals surface area (Å²) < 4.78 is 28.2. The fraction of sp³-hybridized carbons (Fsp3) is 0.318. The first-order valence-electron chi connectivity index (χ1n) is 9.84. The van der Waals surface area contributed by atoms with Crippen LogP contribution in [0.1, 0.15) is 43.8 Å². The number of hydrogen-bond acceptors (Lipinski definition) is 3. The summed E-state index contributed by atoms with van der Waals surface area (Å²) in [5, 5.41) is 2.99. The first-order chi connectivity index (χ1) is 14.3. The van der Waals surface area contributed by atoms with Gasteiger partial charge in [0.2, 0.25) is 5.91 Å². The fourth-order valence-electron chi connectivity index (χ4n) is 3.70. The van der Waals surface area contributed by atoms with Gasteiger partial charge in [-0.15, -0.1) is 0 Å². The van der Waals surface area contributed by atoms with Gasteiger partial charge in [-0.05, 0) is 37.5 Å².